The van der Waals surface area contributed by atoms with Gasteiger partial charge in [0, 0.05) is 25.0 Å². The van der Waals surface area contributed by atoms with E-state index in [1.807, 2.05) is 38.2 Å². The quantitative estimate of drug-likeness (QED) is 0.918. The maximum absolute atomic E-state index is 11.8. The Balaban J connectivity index is 1.82. The molecule has 21 heavy (non-hydrogen) atoms. The summed E-state index contributed by atoms with van der Waals surface area (Å²) in [7, 11) is 2.02. The molecule has 0 atom stereocenters. The van der Waals surface area contributed by atoms with E-state index in [4.69, 9.17) is 4.74 Å². The highest BCUT2D eigenvalue weighted by atomic mass is 16.5. The van der Waals surface area contributed by atoms with Crippen LogP contribution >= 0.6 is 0 Å². The molecule has 0 aliphatic carbocycles. The number of carbonyl (C=O) groups is 1. The van der Waals surface area contributed by atoms with E-state index in [-0.39, 0.29) is 12.5 Å². The zero-order valence-corrected chi connectivity index (χ0v) is 13.1. The lowest BCUT2D eigenvalue weighted by molar-refractivity contribution is -0.123. The predicted octanol–water partition coefficient (Wildman–Crippen LogP) is 2.65. The van der Waals surface area contributed by atoms with E-state index in [1.54, 1.807) is 0 Å². The van der Waals surface area contributed by atoms with Gasteiger partial charge in [0.1, 0.15) is 5.75 Å². The Morgan fingerprint density at radius 3 is 2.43 bits per heavy atom. The fourth-order valence-corrected chi connectivity index (χ4v) is 2.14. The molecular weight excluding hydrogens is 264 g/mol. The van der Waals surface area contributed by atoms with Crippen LogP contribution in [0.2, 0.25) is 0 Å². The Hall–Kier alpha value is -2.23. The molecule has 0 spiro atoms. The molecule has 0 saturated heterocycles. The maximum atomic E-state index is 11.8. The lowest BCUT2D eigenvalue weighted by Crippen LogP contribution is -2.28. The summed E-state index contributed by atoms with van der Waals surface area (Å²) in [6, 6.07) is 9.75. The van der Waals surface area contributed by atoms with Crippen LogP contribution in [0.3, 0.4) is 0 Å². The van der Waals surface area contributed by atoms with Gasteiger partial charge in [0.15, 0.2) is 6.61 Å². The van der Waals surface area contributed by atoms with Crippen LogP contribution in [0, 0.1) is 20.8 Å². The second kappa shape index (κ2) is 6.48. The van der Waals surface area contributed by atoms with E-state index in [9.17, 15) is 4.79 Å². The first-order valence-corrected chi connectivity index (χ1v) is 7.05. The van der Waals surface area contributed by atoms with E-state index >= 15 is 0 Å². The Labute approximate surface area is 125 Å². The molecule has 2 aromatic rings. The molecular formula is C17H22N2O2. The van der Waals surface area contributed by atoms with Crippen molar-refractivity contribution >= 4 is 5.91 Å². The lowest BCUT2D eigenvalue weighted by Gasteiger charge is -2.08. The second-order valence-electron chi connectivity index (χ2n) is 5.33. The van der Waals surface area contributed by atoms with Gasteiger partial charge in [-0.25, -0.2) is 0 Å². The molecule has 1 N–H and O–H groups in total. The van der Waals surface area contributed by atoms with Gasteiger partial charge in [-0.2, -0.15) is 0 Å². The van der Waals surface area contributed by atoms with E-state index < -0.39 is 0 Å². The minimum atomic E-state index is -0.114. The third-order valence-corrected chi connectivity index (χ3v) is 3.75. The second-order valence-corrected chi connectivity index (χ2v) is 5.33. The Morgan fingerprint density at radius 1 is 1.19 bits per heavy atom. The molecule has 0 unspecified atom stereocenters. The molecule has 0 aliphatic rings. The summed E-state index contributed by atoms with van der Waals surface area (Å²) in [6.45, 7) is 6.69. The number of aromatic nitrogens is 1. The zero-order chi connectivity index (χ0) is 15.4. The van der Waals surface area contributed by atoms with Crippen LogP contribution < -0.4 is 10.1 Å². The van der Waals surface area contributed by atoms with Crippen LogP contribution in [0.25, 0.3) is 0 Å². The number of nitrogens with one attached hydrogen (secondary N) is 1. The highest BCUT2D eigenvalue weighted by Crippen LogP contribution is 2.13. The minimum absolute atomic E-state index is 0.0356. The first-order chi connectivity index (χ1) is 9.97. The molecule has 4 heteroatoms. The molecule has 0 fully saturated rings. The minimum Gasteiger partial charge on any atom is -0.484 e. The van der Waals surface area contributed by atoms with Crippen molar-refractivity contribution in [3.05, 3.63) is 52.8 Å². The van der Waals surface area contributed by atoms with Gasteiger partial charge in [0.05, 0.1) is 0 Å². The summed E-state index contributed by atoms with van der Waals surface area (Å²) >= 11 is 0. The molecule has 4 nitrogen and oxygen atoms in total. The molecule has 0 bridgehead atoms. The molecule has 1 heterocycles. The molecule has 0 aliphatic heterocycles. The molecule has 1 aromatic heterocycles. The van der Waals surface area contributed by atoms with E-state index in [0.717, 1.165) is 5.56 Å². The third kappa shape index (κ3) is 3.88. The monoisotopic (exact) mass is 286 g/mol. The third-order valence-electron chi connectivity index (χ3n) is 3.75. The normalized spacial score (nSPS) is 10.5. The summed E-state index contributed by atoms with van der Waals surface area (Å²) in [5, 5.41) is 2.88. The van der Waals surface area contributed by atoms with Gasteiger partial charge in [-0.05, 0) is 44.5 Å². The van der Waals surface area contributed by atoms with Gasteiger partial charge in [-0.3, -0.25) is 4.79 Å². The topological polar surface area (TPSA) is 43.3 Å². The molecule has 1 aromatic carbocycles. The van der Waals surface area contributed by atoms with Crippen molar-refractivity contribution < 1.29 is 9.53 Å². The highest BCUT2D eigenvalue weighted by Gasteiger charge is 2.08. The van der Waals surface area contributed by atoms with Gasteiger partial charge in [-0.1, -0.05) is 17.7 Å². The summed E-state index contributed by atoms with van der Waals surface area (Å²) in [5.41, 5.74) is 4.67. The zero-order valence-electron chi connectivity index (χ0n) is 13.1. The van der Waals surface area contributed by atoms with Crippen molar-refractivity contribution in [1.82, 2.24) is 9.88 Å². The van der Waals surface area contributed by atoms with Crippen LogP contribution in [-0.2, 0) is 18.4 Å². The van der Waals surface area contributed by atoms with Crippen LogP contribution in [0.5, 0.6) is 5.75 Å². The molecule has 112 valence electrons. The molecule has 0 saturated carbocycles. The van der Waals surface area contributed by atoms with Gasteiger partial charge in [0.25, 0.3) is 5.91 Å². The van der Waals surface area contributed by atoms with Gasteiger partial charge < -0.3 is 14.6 Å². The molecule has 0 radical (unpaired) electrons. The average Bonchev–Trinajstić information content (AvgIpc) is 2.72. The Kier molecular flexibility index (Phi) is 4.68. The Morgan fingerprint density at radius 2 is 1.86 bits per heavy atom. The number of carbonyl (C=O) groups excluding carboxylic acids is 1. The smallest absolute Gasteiger partial charge is 0.258 e. The largest absolute Gasteiger partial charge is 0.484 e. The molecule has 1 amide bonds. The fraction of sp³-hybridized carbons (Fsp3) is 0.353. The number of nitrogens with zero attached hydrogens (tertiary/aromatic N) is 1. The van der Waals surface area contributed by atoms with Crippen molar-refractivity contribution in [3.8, 4) is 5.75 Å². The SMILES string of the molecule is Cc1ccc(OCC(=O)NCc2cc(C)n(C)c2C)cc1. The summed E-state index contributed by atoms with van der Waals surface area (Å²) in [5.74, 6) is 0.596. The van der Waals surface area contributed by atoms with Crippen LogP contribution in [-0.4, -0.2) is 17.1 Å². The number of aryl methyl sites for hydroxylation is 2. The van der Waals surface area contributed by atoms with E-state index in [1.165, 1.54) is 17.0 Å². The van der Waals surface area contributed by atoms with Gasteiger partial charge in [-0.15, -0.1) is 0 Å². The van der Waals surface area contributed by atoms with Crippen LogP contribution in [0.4, 0.5) is 0 Å². The first-order valence-electron chi connectivity index (χ1n) is 7.05. The van der Waals surface area contributed by atoms with Crippen LogP contribution in [0.15, 0.2) is 30.3 Å². The van der Waals surface area contributed by atoms with Crippen molar-refractivity contribution in [3.63, 3.8) is 0 Å². The highest BCUT2D eigenvalue weighted by molar-refractivity contribution is 5.77. The fourth-order valence-electron chi connectivity index (χ4n) is 2.14. The number of ether oxygens (including phenoxy) is 1. The number of amides is 1. The van der Waals surface area contributed by atoms with Crippen molar-refractivity contribution in [2.75, 3.05) is 6.61 Å². The Bertz CT molecular complexity index is 627. The predicted molar refractivity (Wildman–Crippen MR) is 83.4 cm³/mol. The van der Waals surface area contributed by atoms with Crippen molar-refractivity contribution in [2.24, 2.45) is 7.05 Å². The molecule has 2 rings (SSSR count). The number of rotatable bonds is 5. The van der Waals surface area contributed by atoms with Gasteiger partial charge >= 0.3 is 0 Å². The van der Waals surface area contributed by atoms with Gasteiger partial charge in [0.2, 0.25) is 0 Å². The summed E-state index contributed by atoms with van der Waals surface area (Å²) in [6.07, 6.45) is 0. The first kappa shape index (κ1) is 15.2. The van der Waals surface area contributed by atoms with Crippen molar-refractivity contribution in [2.45, 2.75) is 27.3 Å². The summed E-state index contributed by atoms with van der Waals surface area (Å²) < 4.78 is 7.57. The van der Waals surface area contributed by atoms with E-state index in [0.29, 0.717) is 12.3 Å². The van der Waals surface area contributed by atoms with Crippen molar-refractivity contribution in [1.29, 1.82) is 0 Å². The van der Waals surface area contributed by atoms with E-state index in [2.05, 4.69) is 29.8 Å². The number of benzene rings is 1. The lowest BCUT2D eigenvalue weighted by atomic mass is 10.2. The standard InChI is InChI=1S/C17H22N2O2/c1-12-5-7-16(8-6-12)21-11-17(20)18-10-15-9-13(2)19(4)14(15)3/h5-9H,10-11H2,1-4H3,(H,18,20). The number of hydrogen-bond acceptors (Lipinski definition) is 2. The summed E-state index contributed by atoms with van der Waals surface area (Å²) in [4.78, 5) is 11.8. The van der Waals surface area contributed by atoms with Crippen LogP contribution in [0.1, 0.15) is 22.5 Å². The number of hydrogen-bond donors (Lipinski definition) is 1. The maximum Gasteiger partial charge on any atom is 0.258 e. The average molecular weight is 286 g/mol.